The van der Waals surface area contributed by atoms with Crippen LogP contribution >= 0.6 is 12.2 Å². The molecule has 0 aliphatic carbocycles. The predicted molar refractivity (Wildman–Crippen MR) is 113 cm³/mol. The summed E-state index contributed by atoms with van der Waals surface area (Å²) in [6.45, 7) is -0.601. The van der Waals surface area contributed by atoms with Gasteiger partial charge in [0.25, 0.3) is 4.84 Å². The normalized spacial score (nSPS) is 14.0. The van der Waals surface area contributed by atoms with Gasteiger partial charge in [-0.25, -0.2) is 14.6 Å². The smallest absolute Gasteiger partial charge is 0.350 e. The molecule has 0 aliphatic heterocycles. The highest BCUT2D eigenvalue weighted by Crippen LogP contribution is 2.31. The van der Waals surface area contributed by atoms with E-state index in [0.29, 0.717) is 0 Å². The fourth-order valence-corrected chi connectivity index (χ4v) is 3.28. The largest absolute Gasteiger partial charge is 0.466 e. The second-order valence-corrected chi connectivity index (χ2v) is 7.58. The first-order valence-corrected chi connectivity index (χ1v) is 10.1. The number of nitro groups is 1. The molecule has 0 aliphatic rings. The van der Waals surface area contributed by atoms with E-state index in [-0.39, 0.29) is 40.8 Å². The SMILES string of the molecule is O=c1[nH]c(=O)n(Cc2cn(C[C@@H](O)[C@@H](O)[C@H](O)c3occc3-c3n[nH]c(=S)o3)nn2)cc1[N+](=O)[O-]. The summed E-state index contributed by atoms with van der Waals surface area (Å²) in [5.74, 6) is -0.113. The Morgan fingerprint density at radius 2 is 2.03 bits per heavy atom. The molecular weight excluding hydrogens is 492 g/mol. The van der Waals surface area contributed by atoms with Gasteiger partial charge in [0.1, 0.15) is 29.8 Å². The Labute approximate surface area is 197 Å². The van der Waals surface area contributed by atoms with E-state index in [9.17, 15) is 35.0 Å². The van der Waals surface area contributed by atoms with Crippen molar-refractivity contribution in [3.05, 3.63) is 72.0 Å². The van der Waals surface area contributed by atoms with Gasteiger partial charge < -0.3 is 24.2 Å². The quantitative estimate of drug-likeness (QED) is 0.102. The Kier molecular flexibility index (Phi) is 6.51. The molecule has 4 aromatic heterocycles. The highest BCUT2D eigenvalue weighted by Gasteiger charge is 2.32. The summed E-state index contributed by atoms with van der Waals surface area (Å²) in [6.07, 6.45) is -1.67. The van der Waals surface area contributed by atoms with Crippen molar-refractivity contribution in [2.45, 2.75) is 31.4 Å². The summed E-state index contributed by atoms with van der Waals surface area (Å²) in [6, 6.07) is 1.43. The highest BCUT2D eigenvalue weighted by atomic mass is 32.1. The zero-order valence-corrected chi connectivity index (χ0v) is 18.2. The number of furan rings is 1. The minimum absolute atomic E-state index is 0.0112. The van der Waals surface area contributed by atoms with Gasteiger partial charge in [0.2, 0.25) is 5.89 Å². The maximum Gasteiger partial charge on any atom is 0.350 e. The molecule has 0 spiro atoms. The van der Waals surface area contributed by atoms with Crippen molar-refractivity contribution in [1.82, 2.24) is 34.7 Å². The Morgan fingerprint density at radius 3 is 2.71 bits per heavy atom. The zero-order valence-electron chi connectivity index (χ0n) is 17.3. The van der Waals surface area contributed by atoms with Crippen LogP contribution in [0.2, 0.25) is 0 Å². The molecular formula is C17H16N8O9S. The summed E-state index contributed by atoms with van der Waals surface area (Å²) in [4.78, 5) is 35.2. The van der Waals surface area contributed by atoms with Crippen LogP contribution in [0.25, 0.3) is 11.5 Å². The number of nitrogens with zero attached hydrogens (tertiary/aromatic N) is 6. The Hall–Kier alpha value is -4.26. The van der Waals surface area contributed by atoms with Gasteiger partial charge in [-0.2, -0.15) is 0 Å². The van der Waals surface area contributed by atoms with Crippen molar-refractivity contribution < 1.29 is 29.1 Å². The minimum atomic E-state index is -1.74. The molecule has 4 rings (SSSR count). The van der Waals surface area contributed by atoms with Gasteiger partial charge in [0, 0.05) is 0 Å². The van der Waals surface area contributed by atoms with Crippen molar-refractivity contribution >= 4 is 17.9 Å². The van der Waals surface area contributed by atoms with Crippen LogP contribution in [-0.2, 0) is 13.1 Å². The number of hydrogen-bond acceptors (Lipinski definition) is 13. The molecule has 0 amide bonds. The lowest BCUT2D eigenvalue weighted by Gasteiger charge is -2.21. The summed E-state index contributed by atoms with van der Waals surface area (Å²) >= 11 is 4.81. The molecule has 17 nitrogen and oxygen atoms in total. The van der Waals surface area contributed by atoms with Crippen LogP contribution in [-0.4, -0.2) is 67.2 Å². The van der Waals surface area contributed by atoms with Crippen molar-refractivity contribution in [3.63, 3.8) is 0 Å². The van der Waals surface area contributed by atoms with Crippen LogP contribution in [0.3, 0.4) is 0 Å². The van der Waals surface area contributed by atoms with E-state index in [1.807, 2.05) is 4.98 Å². The van der Waals surface area contributed by atoms with Gasteiger partial charge in [-0.15, -0.1) is 10.2 Å². The summed E-state index contributed by atoms with van der Waals surface area (Å²) in [7, 11) is 0. The zero-order chi connectivity index (χ0) is 25.3. The first kappa shape index (κ1) is 23.9. The number of hydrogen-bond donors (Lipinski definition) is 5. The molecule has 5 N–H and O–H groups in total. The summed E-state index contributed by atoms with van der Waals surface area (Å²) < 4.78 is 12.4. The second kappa shape index (κ2) is 9.54. The number of rotatable bonds is 9. The topological polar surface area (TPSA) is 244 Å². The van der Waals surface area contributed by atoms with Crippen molar-refractivity contribution in [2.24, 2.45) is 0 Å². The number of aliphatic hydroxyl groups is 3. The Bertz CT molecular complexity index is 1530. The van der Waals surface area contributed by atoms with Crippen molar-refractivity contribution in [3.8, 4) is 11.5 Å². The van der Waals surface area contributed by atoms with Crippen molar-refractivity contribution in [1.29, 1.82) is 0 Å². The monoisotopic (exact) mass is 508 g/mol. The fraction of sp³-hybridized carbons (Fsp3) is 0.294. The van der Waals surface area contributed by atoms with E-state index in [2.05, 4.69) is 20.5 Å². The van der Waals surface area contributed by atoms with Gasteiger partial charge >= 0.3 is 16.9 Å². The molecule has 35 heavy (non-hydrogen) atoms. The van der Waals surface area contributed by atoms with Gasteiger partial charge in [0.15, 0.2) is 0 Å². The molecule has 4 heterocycles. The average molecular weight is 508 g/mol. The molecule has 184 valence electrons. The molecule has 0 bridgehead atoms. The lowest BCUT2D eigenvalue weighted by molar-refractivity contribution is -0.386. The first-order valence-electron chi connectivity index (χ1n) is 9.68. The van der Waals surface area contributed by atoms with Crippen LogP contribution in [0.4, 0.5) is 5.69 Å². The maximum atomic E-state index is 11.9. The summed E-state index contributed by atoms with van der Waals surface area (Å²) in [5.41, 5.74) is -2.49. The van der Waals surface area contributed by atoms with Gasteiger partial charge in [-0.3, -0.25) is 24.5 Å². The molecule has 0 radical (unpaired) electrons. The van der Waals surface area contributed by atoms with Crippen molar-refractivity contribution in [2.75, 3.05) is 0 Å². The minimum Gasteiger partial charge on any atom is -0.466 e. The van der Waals surface area contributed by atoms with E-state index in [4.69, 9.17) is 21.1 Å². The second-order valence-electron chi connectivity index (χ2n) is 7.21. The molecule has 18 heteroatoms. The van der Waals surface area contributed by atoms with E-state index < -0.39 is 40.2 Å². The molecule has 0 aromatic carbocycles. The van der Waals surface area contributed by atoms with E-state index >= 15 is 0 Å². The molecule has 0 unspecified atom stereocenters. The lowest BCUT2D eigenvalue weighted by Crippen LogP contribution is -2.35. The van der Waals surface area contributed by atoms with E-state index in [1.54, 1.807) is 0 Å². The van der Waals surface area contributed by atoms with Crippen LogP contribution in [0, 0.1) is 15.0 Å². The van der Waals surface area contributed by atoms with E-state index in [1.165, 1.54) is 18.5 Å². The molecule has 0 saturated carbocycles. The average Bonchev–Trinajstić information content (AvgIpc) is 3.55. The fourth-order valence-electron chi connectivity index (χ4n) is 3.16. The van der Waals surface area contributed by atoms with E-state index in [0.717, 1.165) is 15.4 Å². The third-order valence-corrected chi connectivity index (χ3v) is 5.01. The lowest BCUT2D eigenvalue weighted by atomic mass is 10.0. The third kappa shape index (κ3) is 4.99. The van der Waals surface area contributed by atoms with Crippen LogP contribution < -0.4 is 11.2 Å². The van der Waals surface area contributed by atoms with Crippen LogP contribution in [0.5, 0.6) is 0 Å². The number of aliphatic hydroxyl groups excluding tert-OH is 3. The summed E-state index contributed by atoms with van der Waals surface area (Å²) in [5, 5.41) is 56.1. The van der Waals surface area contributed by atoms with Gasteiger partial charge in [-0.05, 0) is 18.3 Å². The molecule has 0 saturated heterocycles. The third-order valence-electron chi connectivity index (χ3n) is 4.83. The standard InChI is InChI=1S/C17H16N8O9S/c26-10(11(27)12(28)13-8(1-2-33-13)15-20-21-17(35)34-15)6-24-4-7(19-22-24)3-23-5-9(25(31)32)14(29)18-16(23)30/h1-2,4-5,10-12,26-28H,3,6H2,(H,21,35)(H,18,29,30)/t10-,11-,12+/m1/s1. The Balaban J connectivity index is 1.46. The first-order chi connectivity index (χ1) is 16.6. The van der Waals surface area contributed by atoms with Crippen LogP contribution in [0.1, 0.15) is 17.6 Å². The number of aromatic nitrogens is 7. The molecule has 0 fully saturated rings. The maximum absolute atomic E-state index is 11.9. The highest BCUT2D eigenvalue weighted by molar-refractivity contribution is 7.71. The number of nitrogens with one attached hydrogen (secondary N) is 2. The van der Waals surface area contributed by atoms with Crippen LogP contribution in [0.15, 0.2) is 43.1 Å². The predicted octanol–water partition coefficient (Wildman–Crippen LogP) is -1.15. The Morgan fingerprint density at radius 1 is 1.26 bits per heavy atom. The number of aromatic amines is 2. The molecule has 4 aromatic rings. The molecule has 3 atom stereocenters. The van der Waals surface area contributed by atoms with Gasteiger partial charge in [-0.1, -0.05) is 5.21 Å². The van der Waals surface area contributed by atoms with Gasteiger partial charge in [0.05, 0.1) is 42.2 Å². The number of H-pyrrole nitrogens is 2.